The standard InChI is InChI=1S/C24H31FN2O3.C2H2O4/c1-26(13-10-18-8-9-22(29-2)23(16-18)30-3)24(28)19-11-14-27(15-12-19)17-20-6-4-5-7-21(20)25;3-1(4)2(5)6/h4-9,16,19H,10-15,17H2,1-3H3;(H,3,4)(H,5,6). The molecule has 0 atom stereocenters. The van der Waals surface area contributed by atoms with E-state index in [2.05, 4.69) is 4.90 Å². The first-order valence-electron chi connectivity index (χ1n) is 11.5. The molecule has 1 saturated heterocycles. The van der Waals surface area contributed by atoms with E-state index in [1.165, 1.54) is 6.07 Å². The Hall–Kier alpha value is -3.66. The van der Waals surface area contributed by atoms with Crippen LogP contribution in [-0.2, 0) is 27.3 Å². The Labute approximate surface area is 210 Å². The maximum Gasteiger partial charge on any atom is 0.414 e. The molecule has 0 radical (unpaired) electrons. The van der Waals surface area contributed by atoms with Crippen LogP contribution >= 0.6 is 0 Å². The van der Waals surface area contributed by atoms with Gasteiger partial charge in [-0.05, 0) is 56.1 Å². The zero-order valence-electron chi connectivity index (χ0n) is 20.8. The highest BCUT2D eigenvalue weighted by atomic mass is 19.1. The predicted octanol–water partition coefficient (Wildman–Crippen LogP) is 2.91. The summed E-state index contributed by atoms with van der Waals surface area (Å²) < 4.78 is 24.5. The first-order valence-corrected chi connectivity index (χ1v) is 11.5. The van der Waals surface area contributed by atoms with Crippen LogP contribution < -0.4 is 9.47 Å². The first kappa shape index (κ1) is 28.6. The number of amides is 1. The number of nitrogens with zero attached hydrogens (tertiary/aromatic N) is 2. The van der Waals surface area contributed by atoms with Crippen molar-refractivity contribution in [2.75, 3.05) is 40.9 Å². The van der Waals surface area contributed by atoms with E-state index in [0.29, 0.717) is 30.2 Å². The van der Waals surface area contributed by atoms with Gasteiger partial charge in [0.15, 0.2) is 11.5 Å². The molecule has 0 aliphatic carbocycles. The van der Waals surface area contributed by atoms with Gasteiger partial charge in [-0.2, -0.15) is 0 Å². The van der Waals surface area contributed by atoms with Crippen LogP contribution in [0.2, 0.25) is 0 Å². The third-order valence-corrected chi connectivity index (χ3v) is 6.03. The lowest BCUT2D eigenvalue weighted by molar-refractivity contribution is -0.159. The van der Waals surface area contributed by atoms with Gasteiger partial charge in [0.1, 0.15) is 5.82 Å². The van der Waals surface area contributed by atoms with Crippen molar-refractivity contribution < 1.29 is 38.5 Å². The van der Waals surface area contributed by atoms with Crippen molar-refractivity contribution in [1.82, 2.24) is 9.80 Å². The molecule has 1 aliphatic heterocycles. The number of aliphatic carboxylic acids is 2. The summed E-state index contributed by atoms with van der Waals surface area (Å²) in [7, 11) is 5.11. The minimum atomic E-state index is -1.82. The topological polar surface area (TPSA) is 117 Å². The SMILES string of the molecule is COc1ccc(CCN(C)C(=O)C2CCN(Cc3ccccc3F)CC2)cc1OC.O=C(O)C(=O)O. The summed E-state index contributed by atoms with van der Waals surface area (Å²) in [5.74, 6) is -2.17. The molecule has 0 aromatic heterocycles. The summed E-state index contributed by atoms with van der Waals surface area (Å²) in [5, 5.41) is 14.8. The summed E-state index contributed by atoms with van der Waals surface area (Å²) in [6, 6.07) is 12.7. The Bertz CT molecular complexity index is 1030. The van der Waals surface area contributed by atoms with Crippen LogP contribution in [0.5, 0.6) is 11.5 Å². The molecule has 0 unspecified atom stereocenters. The minimum Gasteiger partial charge on any atom is -0.493 e. The van der Waals surface area contributed by atoms with E-state index in [9.17, 15) is 9.18 Å². The van der Waals surface area contributed by atoms with E-state index in [1.54, 1.807) is 20.3 Å². The highest BCUT2D eigenvalue weighted by Crippen LogP contribution is 2.28. The summed E-state index contributed by atoms with van der Waals surface area (Å²) in [6.07, 6.45) is 2.39. The molecule has 0 saturated carbocycles. The summed E-state index contributed by atoms with van der Waals surface area (Å²) >= 11 is 0. The molecule has 2 aromatic rings. The van der Waals surface area contributed by atoms with Gasteiger partial charge in [0.25, 0.3) is 0 Å². The van der Waals surface area contributed by atoms with Crippen molar-refractivity contribution in [2.24, 2.45) is 5.92 Å². The lowest BCUT2D eigenvalue weighted by atomic mass is 9.95. The number of halogens is 1. The number of methoxy groups -OCH3 is 2. The highest BCUT2D eigenvalue weighted by molar-refractivity contribution is 6.27. The fourth-order valence-corrected chi connectivity index (χ4v) is 3.96. The Morgan fingerprint density at radius 1 is 1.00 bits per heavy atom. The Morgan fingerprint density at radius 3 is 2.17 bits per heavy atom. The molecule has 0 bridgehead atoms. The first-order chi connectivity index (χ1) is 17.2. The average Bonchev–Trinajstić information content (AvgIpc) is 2.88. The summed E-state index contributed by atoms with van der Waals surface area (Å²) in [6.45, 7) is 2.88. The van der Waals surface area contributed by atoms with Crippen LogP contribution in [0.4, 0.5) is 4.39 Å². The van der Waals surface area contributed by atoms with E-state index in [4.69, 9.17) is 29.3 Å². The number of ether oxygens (including phenoxy) is 2. The minimum absolute atomic E-state index is 0.0391. The zero-order valence-corrected chi connectivity index (χ0v) is 20.8. The van der Waals surface area contributed by atoms with E-state index < -0.39 is 11.9 Å². The van der Waals surface area contributed by atoms with Crippen LogP contribution in [0.3, 0.4) is 0 Å². The maximum absolute atomic E-state index is 13.9. The number of likely N-dealkylation sites (N-methyl/N-ethyl adjacent to an activating group) is 1. The normalized spacial score (nSPS) is 13.8. The largest absolute Gasteiger partial charge is 0.493 e. The van der Waals surface area contributed by atoms with Crippen molar-refractivity contribution in [1.29, 1.82) is 0 Å². The fourth-order valence-electron chi connectivity index (χ4n) is 3.96. The number of likely N-dealkylation sites (tertiary alicyclic amines) is 1. The quantitative estimate of drug-likeness (QED) is 0.527. The molecule has 2 N–H and O–H groups in total. The molecule has 1 aliphatic rings. The smallest absolute Gasteiger partial charge is 0.414 e. The van der Waals surface area contributed by atoms with Crippen LogP contribution in [0, 0.1) is 11.7 Å². The van der Waals surface area contributed by atoms with E-state index in [1.807, 2.05) is 42.3 Å². The molecule has 1 amide bonds. The number of carboxylic acid groups (broad SMARTS) is 2. The number of carbonyl (C=O) groups excluding carboxylic acids is 1. The second-order valence-corrected chi connectivity index (χ2v) is 8.45. The average molecular weight is 505 g/mol. The van der Waals surface area contributed by atoms with Crippen LogP contribution in [0.25, 0.3) is 0 Å². The van der Waals surface area contributed by atoms with Crippen LogP contribution in [-0.4, -0.2) is 78.8 Å². The second-order valence-electron chi connectivity index (χ2n) is 8.45. The molecular formula is C26H33FN2O7. The van der Waals surface area contributed by atoms with Crippen molar-refractivity contribution in [3.8, 4) is 11.5 Å². The van der Waals surface area contributed by atoms with Gasteiger partial charge in [-0.3, -0.25) is 9.69 Å². The van der Waals surface area contributed by atoms with Crippen molar-refractivity contribution in [3.63, 3.8) is 0 Å². The van der Waals surface area contributed by atoms with E-state index in [-0.39, 0.29) is 17.6 Å². The molecular weight excluding hydrogens is 471 g/mol. The Kier molecular flexibility index (Phi) is 11.1. The fraction of sp³-hybridized carbons (Fsp3) is 0.423. The van der Waals surface area contributed by atoms with Crippen molar-refractivity contribution in [2.45, 2.75) is 25.8 Å². The Balaban J connectivity index is 0.000000678. The molecule has 2 aromatic carbocycles. The van der Waals surface area contributed by atoms with Gasteiger partial charge in [0.05, 0.1) is 14.2 Å². The van der Waals surface area contributed by atoms with Gasteiger partial charge in [0.2, 0.25) is 5.91 Å². The number of piperidine rings is 1. The number of hydrogen-bond donors (Lipinski definition) is 2. The molecule has 9 nitrogen and oxygen atoms in total. The van der Waals surface area contributed by atoms with Gasteiger partial charge in [-0.25, -0.2) is 14.0 Å². The number of hydrogen-bond acceptors (Lipinski definition) is 6. The predicted molar refractivity (Wildman–Crippen MR) is 131 cm³/mol. The van der Waals surface area contributed by atoms with E-state index in [0.717, 1.165) is 37.9 Å². The molecule has 0 spiro atoms. The molecule has 1 heterocycles. The third-order valence-electron chi connectivity index (χ3n) is 6.03. The molecule has 3 rings (SSSR count). The van der Waals surface area contributed by atoms with Gasteiger partial charge < -0.3 is 24.6 Å². The lowest BCUT2D eigenvalue weighted by Gasteiger charge is -2.33. The van der Waals surface area contributed by atoms with Crippen molar-refractivity contribution >= 4 is 17.8 Å². The molecule has 36 heavy (non-hydrogen) atoms. The summed E-state index contributed by atoms with van der Waals surface area (Å²) in [4.78, 5) is 35.1. The number of benzene rings is 2. The lowest BCUT2D eigenvalue weighted by Crippen LogP contribution is -2.41. The Morgan fingerprint density at radius 2 is 1.61 bits per heavy atom. The van der Waals surface area contributed by atoms with Crippen LogP contribution in [0.1, 0.15) is 24.0 Å². The third kappa shape index (κ3) is 8.53. The van der Waals surface area contributed by atoms with Crippen LogP contribution in [0.15, 0.2) is 42.5 Å². The maximum atomic E-state index is 13.9. The van der Waals surface area contributed by atoms with Gasteiger partial charge in [-0.15, -0.1) is 0 Å². The monoisotopic (exact) mass is 504 g/mol. The summed E-state index contributed by atoms with van der Waals surface area (Å²) in [5.41, 5.74) is 1.82. The molecule has 10 heteroatoms. The molecule has 1 fully saturated rings. The van der Waals surface area contributed by atoms with Gasteiger partial charge in [0, 0.05) is 31.6 Å². The number of carboxylic acids is 2. The van der Waals surface area contributed by atoms with Gasteiger partial charge >= 0.3 is 11.9 Å². The zero-order chi connectivity index (χ0) is 26.7. The van der Waals surface area contributed by atoms with Crippen molar-refractivity contribution in [3.05, 3.63) is 59.4 Å². The molecule has 196 valence electrons. The number of rotatable bonds is 8. The van der Waals surface area contributed by atoms with E-state index >= 15 is 0 Å². The van der Waals surface area contributed by atoms with Gasteiger partial charge in [-0.1, -0.05) is 24.3 Å². The second kappa shape index (κ2) is 14.0. The highest BCUT2D eigenvalue weighted by Gasteiger charge is 2.27. The number of carbonyl (C=O) groups is 3.